The summed E-state index contributed by atoms with van der Waals surface area (Å²) in [5.74, 6) is 0. The van der Waals surface area contributed by atoms with Crippen LogP contribution in [-0.2, 0) is 6.54 Å². The van der Waals surface area contributed by atoms with Crippen molar-refractivity contribution in [2.24, 2.45) is 0 Å². The number of rotatable bonds is 5. The van der Waals surface area contributed by atoms with Crippen molar-refractivity contribution in [2.45, 2.75) is 19.5 Å². The number of hydrogen-bond acceptors (Lipinski definition) is 3. The van der Waals surface area contributed by atoms with E-state index in [1.807, 2.05) is 13.0 Å². The Bertz CT molecular complexity index is 407. The third-order valence-corrected chi connectivity index (χ3v) is 2.86. The normalized spacial score (nSPS) is 12.1. The SMILES string of the molecule is C=CC(C)NCc1ccc(Br)c([N+](=O)[O-])c1. The lowest BCUT2D eigenvalue weighted by Gasteiger charge is -2.08. The number of nitro benzene ring substituents is 1. The minimum Gasteiger partial charge on any atom is -0.307 e. The van der Waals surface area contributed by atoms with E-state index in [0.717, 1.165) is 5.56 Å². The Hall–Kier alpha value is -1.20. The van der Waals surface area contributed by atoms with Crippen LogP contribution in [0.1, 0.15) is 12.5 Å². The maximum Gasteiger partial charge on any atom is 0.283 e. The second-order valence-corrected chi connectivity index (χ2v) is 4.30. The van der Waals surface area contributed by atoms with Gasteiger partial charge in [0.15, 0.2) is 0 Å². The van der Waals surface area contributed by atoms with Crippen LogP contribution in [0.25, 0.3) is 0 Å². The molecule has 86 valence electrons. The lowest BCUT2D eigenvalue weighted by molar-refractivity contribution is -0.385. The summed E-state index contributed by atoms with van der Waals surface area (Å²) < 4.78 is 0.498. The molecule has 16 heavy (non-hydrogen) atoms. The maximum atomic E-state index is 10.7. The molecular weight excluding hydrogens is 272 g/mol. The summed E-state index contributed by atoms with van der Waals surface area (Å²) in [5.41, 5.74) is 0.967. The van der Waals surface area contributed by atoms with E-state index in [1.54, 1.807) is 18.2 Å². The van der Waals surface area contributed by atoms with Crippen molar-refractivity contribution in [3.63, 3.8) is 0 Å². The maximum absolute atomic E-state index is 10.7. The van der Waals surface area contributed by atoms with Gasteiger partial charge in [0.25, 0.3) is 5.69 Å². The average Bonchev–Trinajstić information content (AvgIpc) is 2.27. The predicted octanol–water partition coefficient (Wildman–Crippen LogP) is 3.02. The van der Waals surface area contributed by atoms with Crippen LogP contribution in [0.2, 0.25) is 0 Å². The first kappa shape index (κ1) is 12.9. The fraction of sp³-hybridized carbons (Fsp3) is 0.273. The van der Waals surface area contributed by atoms with Crippen LogP contribution in [0.5, 0.6) is 0 Å². The summed E-state index contributed by atoms with van der Waals surface area (Å²) >= 11 is 3.15. The van der Waals surface area contributed by atoms with Crippen molar-refractivity contribution in [2.75, 3.05) is 0 Å². The molecule has 1 unspecified atom stereocenters. The molecule has 0 amide bonds. The topological polar surface area (TPSA) is 55.2 Å². The molecule has 0 aliphatic heterocycles. The Labute approximate surface area is 103 Å². The summed E-state index contributed by atoms with van der Waals surface area (Å²) in [6.07, 6.45) is 1.78. The molecule has 0 saturated heterocycles. The fourth-order valence-electron chi connectivity index (χ4n) is 1.17. The first-order chi connectivity index (χ1) is 7.54. The number of halogens is 1. The summed E-state index contributed by atoms with van der Waals surface area (Å²) in [4.78, 5) is 10.3. The highest BCUT2D eigenvalue weighted by molar-refractivity contribution is 9.10. The molecule has 0 aromatic heterocycles. The van der Waals surface area contributed by atoms with Crippen molar-refractivity contribution in [3.05, 3.63) is 51.0 Å². The van der Waals surface area contributed by atoms with Crippen molar-refractivity contribution < 1.29 is 4.92 Å². The van der Waals surface area contributed by atoms with Crippen LogP contribution in [0.15, 0.2) is 35.3 Å². The standard InChI is InChI=1S/C11H13BrN2O2/c1-3-8(2)13-7-9-4-5-10(12)11(6-9)14(15)16/h3-6,8,13H,1,7H2,2H3. The van der Waals surface area contributed by atoms with E-state index in [2.05, 4.69) is 27.8 Å². The zero-order valence-corrected chi connectivity index (χ0v) is 10.5. The van der Waals surface area contributed by atoms with Crippen molar-refractivity contribution in [1.82, 2.24) is 5.32 Å². The monoisotopic (exact) mass is 284 g/mol. The molecular formula is C11H13BrN2O2. The van der Waals surface area contributed by atoms with Gasteiger partial charge in [-0.3, -0.25) is 10.1 Å². The summed E-state index contributed by atoms with van der Waals surface area (Å²) in [6.45, 7) is 6.21. The molecule has 1 aromatic carbocycles. The minimum absolute atomic E-state index is 0.0885. The third-order valence-electron chi connectivity index (χ3n) is 2.19. The van der Waals surface area contributed by atoms with Crippen LogP contribution < -0.4 is 5.32 Å². The van der Waals surface area contributed by atoms with Gasteiger partial charge in [0, 0.05) is 18.7 Å². The molecule has 0 spiro atoms. The van der Waals surface area contributed by atoms with Crippen LogP contribution in [0.4, 0.5) is 5.69 Å². The molecule has 0 aliphatic carbocycles. The number of nitro groups is 1. The van der Waals surface area contributed by atoms with Gasteiger partial charge >= 0.3 is 0 Å². The molecule has 0 saturated carbocycles. The van der Waals surface area contributed by atoms with E-state index in [4.69, 9.17) is 0 Å². The van der Waals surface area contributed by atoms with E-state index >= 15 is 0 Å². The molecule has 0 radical (unpaired) electrons. The molecule has 4 nitrogen and oxygen atoms in total. The molecule has 1 aromatic rings. The van der Waals surface area contributed by atoms with Gasteiger partial charge in [-0.2, -0.15) is 0 Å². The smallest absolute Gasteiger partial charge is 0.283 e. The van der Waals surface area contributed by atoms with E-state index in [-0.39, 0.29) is 11.7 Å². The lowest BCUT2D eigenvalue weighted by Crippen LogP contribution is -2.22. The van der Waals surface area contributed by atoms with Crippen molar-refractivity contribution in [3.8, 4) is 0 Å². The van der Waals surface area contributed by atoms with Crippen LogP contribution in [-0.4, -0.2) is 11.0 Å². The van der Waals surface area contributed by atoms with Gasteiger partial charge in [0.1, 0.15) is 0 Å². The van der Waals surface area contributed by atoms with Crippen molar-refractivity contribution >= 4 is 21.6 Å². The predicted molar refractivity (Wildman–Crippen MR) is 67.3 cm³/mol. The van der Waals surface area contributed by atoms with Gasteiger partial charge < -0.3 is 5.32 Å². The molecule has 0 aliphatic rings. The van der Waals surface area contributed by atoms with E-state index in [0.29, 0.717) is 11.0 Å². The quantitative estimate of drug-likeness (QED) is 0.514. The molecule has 5 heteroatoms. The van der Waals surface area contributed by atoms with Gasteiger partial charge in [-0.25, -0.2) is 0 Å². The molecule has 0 heterocycles. The first-order valence-corrected chi connectivity index (χ1v) is 5.62. The largest absolute Gasteiger partial charge is 0.307 e. The number of benzene rings is 1. The Morgan fingerprint density at radius 2 is 2.38 bits per heavy atom. The van der Waals surface area contributed by atoms with Crippen molar-refractivity contribution in [1.29, 1.82) is 0 Å². The average molecular weight is 285 g/mol. The van der Waals surface area contributed by atoms with Gasteiger partial charge in [0.2, 0.25) is 0 Å². The Morgan fingerprint density at radius 3 is 2.94 bits per heavy atom. The molecule has 0 fully saturated rings. The van der Waals surface area contributed by atoms with Gasteiger partial charge in [0.05, 0.1) is 9.40 Å². The van der Waals surface area contributed by atoms with Crippen LogP contribution >= 0.6 is 15.9 Å². The summed E-state index contributed by atoms with van der Waals surface area (Å²) in [6, 6.07) is 5.28. The minimum atomic E-state index is -0.398. The second-order valence-electron chi connectivity index (χ2n) is 3.45. The first-order valence-electron chi connectivity index (χ1n) is 4.83. The highest BCUT2D eigenvalue weighted by Gasteiger charge is 2.12. The summed E-state index contributed by atoms with van der Waals surface area (Å²) in [5, 5.41) is 13.9. The van der Waals surface area contributed by atoms with Gasteiger partial charge in [-0.1, -0.05) is 12.1 Å². The lowest BCUT2D eigenvalue weighted by atomic mass is 10.2. The van der Waals surface area contributed by atoms with Gasteiger partial charge in [-0.05, 0) is 34.5 Å². The Kier molecular flexibility index (Phi) is 4.64. The molecule has 0 bridgehead atoms. The zero-order chi connectivity index (χ0) is 12.1. The van der Waals surface area contributed by atoms with Crippen LogP contribution in [0, 0.1) is 10.1 Å². The highest BCUT2D eigenvalue weighted by atomic mass is 79.9. The van der Waals surface area contributed by atoms with Crippen LogP contribution in [0.3, 0.4) is 0 Å². The van der Waals surface area contributed by atoms with E-state index in [1.165, 1.54) is 0 Å². The Balaban J connectivity index is 2.79. The highest BCUT2D eigenvalue weighted by Crippen LogP contribution is 2.25. The van der Waals surface area contributed by atoms with E-state index < -0.39 is 4.92 Å². The van der Waals surface area contributed by atoms with Gasteiger partial charge in [-0.15, -0.1) is 6.58 Å². The number of nitrogens with zero attached hydrogens (tertiary/aromatic N) is 1. The summed E-state index contributed by atoms with van der Waals surface area (Å²) in [7, 11) is 0. The fourth-order valence-corrected chi connectivity index (χ4v) is 1.56. The zero-order valence-electron chi connectivity index (χ0n) is 8.94. The van der Waals surface area contributed by atoms with E-state index in [9.17, 15) is 10.1 Å². The Morgan fingerprint density at radius 1 is 1.69 bits per heavy atom. The number of nitrogens with one attached hydrogen (secondary N) is 1. The molecule has 1 atom stereocenters. The second kappa shape index (κ2) is 5.77. The molecule has 1 rings (SSSR count). The third kappa shape index (κ3) is 3.43. The number of hydrogen-bond donors (Lipinski definition) is 1. The molecule has 1 N–H and O–H groups in total.